The van der Waals surface area contributed by atoms with Crippen LogP contribution in [-0.2, 0) is 4.79 Å². The summed E-state index contributed by atoms with van der Waals surface area (Å²) in [7, 11) is 0. The number of rotatable bonds is 3. The topological polar surface area (TPSA) is 73.1 Å². The first-order valence-corrected chi connectivity index (χ1v) is 4.87. The number of nitriles is 1. The normalized spacial score (nSPS) is 32.6. The molecule has 0 aromatic carbocycles. The van der Waals surface area contributed by atoms with E-state index in [9.17, 15) is 4.79 Å². The van der Waals surface area contributed by atoms with Gasteiger partial charge in [0.05, 0.1) is 12.7 Å². The Bertz CT molecular complexity index is 264. The van der Waals surface area contributed by atoms with E-state index in [0.717, 1.165) is 0 Å². The minimum absolute atomic E-state index is 0.0944. The van der Waals surface area contributed by atoms with Crippen molar-refractivity contribution in [3.05, 3.63) is 0 Å². The first-order valence-electron chi connectivity index (χ1n) is 4.87. The molecule has 14 heavy (non-hydrogen) atoms. The average Bonchev–Trinajstić information content (AvgIpc) is 2.12. The highest BCUT2D eigenvalue weighted by Crippen LogP contribution is 2.45. The Hall–Kier alpha value is -1.08. The van der Waals surface area contributed by atoms with Crippen LogP contribution >= 0.6 is 0 Å². The number of nitrogens with one attached hydrogen (secondary N) is 1. The maximum atomic E-state index is 11.6. The van der Waals surface area contributed by atoms with Crippen molar-refractivity contribution in [2.45, 2.75) is 32.7 Å². The van der Waals surface area contributed by atoms with Gasteiger partial charge in [-0.2, -0.15) is 5.26 Å². The van der Waals surface area contributed by atoms with Gasteiger partial charge >= 0.3 is 0 Å². The highest BCUT2D eigenvalue weighted by molar-refractivity contribution is 5.86. The number of hydrogen-bond acceptors (Lipinski definition) is 3. The van der Waals surface area contributed by atoms with Gasteiger partial charge in [0.1, 0.15) is 5.41 Å². The van der Waals surface area contributed by atoms with Crippen molar-refractivity contribution in [3.63, 3.8) is 0 Å². The molecule has 1 saturated carbocycles. The summed E-state index contributed by atoms with van der Waals surface area (Å²) >= 11 is 0. The summed E-state index contributed by atoms with van der Waals surface area (Å²) in [6, 6.07) is 1.81. The number of aliphatic hydroxyl groups is 1. The second-order valence-electron chi connectivity index (χ2n) is 4.26. The summed E-state index contributed by atoms with van der Waals surface area (Å²) < 4.78 is 0. The quantitative estimate of drug-likeness (QED) is 0.687. The van der Waals surface area contributed by atoms with Crippen LogP contribution in [0.2, 0.25) is 0 Å². The van der Waals surface area contributed by atoms with Crippen LogP contribution in [-0.4, -0.2) is 23.7 Å². The first-order chi connectivity index (χ1) is 6.54. The molecule has 0 aromatic rings. The first kappa shape index (κ1) is 11.0. The van der Waals surface area contributed by atoms with E-state index in [1.807, 2.05) is 6.92 Å². The summed E-state index contributed by atoms with van der Waals surface area (Å²) in [5, 5.41) is 20.3. The zero-order chi connectivity index (χ0) is 10.8. The Labute approximate surface area is 83.9 Å². The van der Waals surface area contributed by atoms with E-state index in [4.69, 9.17) is 10.4 Å². The second kappa shape index (κ2) is 3.97. The largest absolute Gasteiger partial charge is 0.394 e. The van der Waals surface area contributed by atoms with E-state index in [2.05, 4.69) is 11.4 Å². The molecule has 1 amide bonds. The van der Waals surface area contributed by atoms with Crippen molar-refractivity contribution in [1.29, 1.82) is 5.26 Å². The molecular weight excluding hydrogens is 180 g/mol. The van der Waals surface area contributed by atoms with Crippen molar-refractivity contribution in [1.82, 2.24) is 5.32 Å². The zero-order valence-electron chi connectivity index (χ0n) is 8.58. The summed E-state index contributed by atoms with van der Waals surface area (Å²) in [4.78, 5) is 11.6. The van der Waals surface area contributed by atoms with Gasteiger partial charge < -0.3 is 10.4 Å². The third-order valence-corrected chi connectivity index (χ3v) is 2.69. The van der Waals surface area contributed by atoms with Crippen LogP contribution in [0.1, 0.15) is 26.7 Å². The molecule has 1 rings (SSSR count). The van der Waals surface area contributed by atoms with Crippen LogP contribution in [0.4, 0.5) is 0 Å². The number of hydrogen-bond donors (Lipinski definition) is 2. The van der Waals surface area contributed by atoms with E-state index < -0.39 is 5.41 Å². The summed E-state index contributed by atoms with van der Waals surface area (Å²) in [5.74, 6) is 0.212. The fourth-order valence-electron chi connectivity index (χ4n) is 1.86. The number of aliphatic hydroxyl groups excluding tert-OH is 1. The minimum Gasteiger partial charge on any atom is -0.394 e. The Kier molecular flexibility index (Phi) is 3.12. The van der Waals surface area contributed by atoms with Gasteiger partial charge in [0.15, 0.2) is 0 Å². The molecule has 1 aliphatic rings. The highest BCUT2D eigenvalue weighted by atomic mass is 16.3. The van der Waals surface area contributed by atoms with Gasteiger partial charge in [-0.15, -0.1) is 0 Å². The third kappa shape index (κ3) is 1.88. The molecule has 1 atom stereocenters. The van der Waals surface area contributed by atoms with Crippen LogP contribution in [0.5, 0.6) is 0 Å². The zero-order valence-corrected chi connectivity index (χ0v) is 8.58. The van der Waals surface area contributed by atoms with Crippen LogP contribution in [0.3, 0.4) is 0 Å². The number of carbonyl (C=O) groups is 1. The Morgan fingerprint density at radius 2 is 2.36 bits per heavy atom. The van der Waals surface area contributed by atoms with Gasteiger partial charge in [0.25, 0.3) is 0 Å². The maximum Gasteiger partial charge on any atom is 0.240 e. The Morgan fingerprint density at radius 3 is 2.71 bits per heavy atom. The van der Waals surface area contributed by atoms with Crippen LogP contribution in [0.25, 0.3) is 0 Å². The molecule has 0 saturated heterocycles. The highest BCUT2D eigenvalue weighted by Gasteiger charge is 2.49. The summed E-state index contributed by atoms with van der Waals surface area (Å²) in [6.45, 7) is 3.65. The van der Waals surface area contributed by atoms with Crippen molar-refractivity contribution >= 4 is 5.91 Å². The number of amides is 1. The van der Waals surface area contributed by atoms with Gasteiger partial charge in [-0.25, -0.2) is 0 Å². The van der Waals surface area contributed by atoms with Gasteiger partial charge in [0, 0.05) is 6.04 Å². The molecule has 4 nitrogen and oxygen atoms in total. The fourth-order valence-corrected chi connectivity index (χ4v) is 1.86. The van der Waals surface area contributed by atoms with Gasteiger partial charge in [0.2, 0.25) is 5.91 Å². The predicted octanol–water partition coefficient (Wildman–Crippen LogP) is 0.423. The van der Waals surface area contributed by atoms with E-state index in [1.54, 1.807) is 6.92 Å². The van der Waals surface area contributed by atoms with Gasteiger partial charge in [-0.3, -0.25) is 4.79 Å². The molecule has 1 fully saturated rings. The molecule has 1 aliphatic carbocycles. The molecule has 0 bridgehead atoms. The van der Waals surface area contributed by atoms with E-state index in [-0.39, 0.29) is 18.6 Å². The molecule has 0 aliphatic heterocycles. The van der Waals surface area contributed by atoms with Gasteiger partial charge in [-0.1, -0.05) is 6.92 Å². The lowest BCUT2D eigenvalue weighted by atomic mass is 9.63. The minimum atomic E-state index is -0.831. The molecule has 2 N–H and O–H groups in total. The lowest BCUT2D eigenvalue weighted by molar-refractivity contribution is -0.134. The lowest BCUT2D eigenvalue weighted by Gasteiger charge is -2.39. The monoisotopic (exact) mass is 196 g/mol. The number of nitrogens with zero attached hydrogens (tertiary/aromatic N) is 1. The lowest BCUT2D eigenvalue weighted by Crippen LogP contribution is -2.51. The van der Waals surface area contributed by atoms with Crippen molar-refractivity contribution in [2.24, 2.45) is 11.3 Å². The fraction of sp³-hybridized carbons (Fsp3) is 0.800. The average molecular weight is 196 g/mol. The molecule has 78 valence electrons. The second-order valence-corrected chi connectivity index (χ2v) is 4.26. The van der Waals surface area contributed by atoms with Crippen LogP contribution in [0, 0.1) is 22.7 Å². The van der Waals surface area contributed by atoms with E-state index >= 15 is 0 Å². The Balaban J connectivity index is 2.56. The van der Waals surface area contributed by atoms with Crippen LogP contribution < -0.4 is 5.32 Å². The standard InChI is InChI=1S/C10H16N2O2/c1-7-3-10(4-7,6-11)9(14)12-8(2)5-13/h7-8,13H,3-5H2,1-2H3,(H,12,14)/t7?,8-,10?/m1/s1. The van der Waals surface area contributed by atoms with E-state index in [1.165, 1.54) is 0 Å². The smallest absolute Gasteiger partial charge is 0.240 e. The molecule has 0 heterocycles. The third-order valence-electron chi connectivity index (χ3n) is 2.69. The summed E-state index contributed by atoms with van der Waals surface area (Å²) in [5.41, 5.74) is -0.831. The maximum absolute atomic E-state index is 11.6. The SMILES string of the molecule is CC1CC(C#N)(C(=O)N[C@H](C)CO)C1. The summed E-state index contributed by atoms with van der Waals surface area (Å²) in [6.07, 6.45) is 1.26. The van der Waals surface area contributed by atoms with Crippen molar-refractivity contribution < 1.29 is 9.90 Å². The predicted molar refractivity (Wildman–Crippen MR) is 51.1 cm³/mol. The molecule has 4 heteroatoms. The number of carbonyl (C=O) groups excluding carboxylic acids is 1. The Morgan fingerprint density at radius 1 is 1.79 bits per heavy atom. The molecule has 0 spiro atoms. The van der Waals surface area contributed by atoms with Crippen molar-refractivity contribution in [3.8, 4) is 6.07 Å². The molecule has 0 radical (unpaired) electrons. The van der Waals surface area contributed by atoms with Crippen molar-refractivity contribution in [2.75, 3.05) is 6.61 Å². The van der Waals surface area contributed by atoms with Crippen LogP contribution in [0.15, 0.2) is 0 Å². The van der Waals surface area contributed by atoms with Gasteiger partial charge in [-0.05, 0) is 25.7 Å². The molecular formula is C10H16N2O2. The molecule has 0 aromatic heterocycles. The van der Waals surface area contributed by atoms with E-state index in [0.29, 0.717) is 18.8 Å². The molecule has 0 unspecified atom stereocenters.